The van der Waals surface area contributed by atoms with Crippen molar-refractivity contribution in [2.75, 3.05) is 5.32 Å². The summed E-state index contributed by atoms with van der Waals surface area (Å²) in [4.78, 5) is 74.8. The van der Waals surface area contributed by atoms with Gasteiger partial charge in [0.05, 0.1) is 23.1 Å². The number of aliphatic carboxylic acids is 1. The number of anilines is 1. The van der Waals surface area contributed by atoms with Crippen molar-refractivity contribution in [1.82, 2.24) is 0 Å². The smallest absolute Gasteiger partial charge is 0.343 e. The Morgan fingerprint density at radius 2 is 1.26 bits per heavy atom. The van der Waals surface area contributed by atoms with Crippen molar-refractivity contribution in [2.45, 2.75) is 26.7 Å². The van der Waals surface area contributed by atoms with Crippen LogP contribution in [0.2, 0.25) is 0 Å². The fourth-order valence-corrected chi connectivity index (χ4v) is 4.04. The Bertz CT molecular complexity index is 1800. The van der Waals surface area contributed by atoms with Gasteiger partial charge in [-0.25, -0.2) is 9.59 Å². The van der Waals surface area contributed by atoms with Crippen molar-refractivity contribution in [1.29, 1.82) is 0 Å². The van der Waals surface area contributed by atoms with Gasteiger partial charge in [0.25, 0.3) is 5.91 Å². The van der Waals surface area contributed by atoms with Gasteiger partial charge in [-0.05, 0) is 54.1 Å². The second-order valence-corrected chi connectivity index (χ2v) is 9.57. The number of ether oxygens (including phenoxy) is 4. The molecule has 2 N–H and O–H groups in total. The van der Waals surface area contributed by atoms with E-state index in [0.717, 1.165) is 19.1 Å². The predicted octanol–water partition coefficient (Wildman–Crippen LogP) is 5.25. The summed E-state index contributed by atoms with van der Waals surface area (Å²) in [6, 6.07) is 22.0. The minimum absolute atomic E-state index is 0.0139. The van der Waals surface area contributed by atoms with Crippen LogP contribution in [0.25, 0.3) is 0 Å². The molecule has 4 aromatic carbocycles. The highest BCUT2D eigenvalue weighted by molar-refractivity contribution is 6.08. The number of esters is 4. The van der Waals surface area contributed by atoms with Crippen LogP contribution in [-0.4, -0.2) is 40.9 Å². The second-order valence-electron chi connectivity index (χ2n) is 9.57. The lowest BCUT2D eigenvalue weighted by Gasteiger charge is -2.17. The van der Waals surface area contributed by atoms with Gasteiger partial charge in [0.2, 0.25) is 0 Å². The summed E-state index contributed by atoms with van der Waals surface area (Å²) in [5.74, 6) is -5.93. The van der Waals surface area contributed by atoms with Crippen LogP contribution in [0.15, 0.2) is 91.0 Å². The molecular weight excluding hydrogens is 598 g/mol. The molecule has 12 heteroatoms. The third-order valence-electron chi connectivity index (χ3n) is 6.15. The van der Waals surface area contributed by atoms with Crippen molar-refractivity contribution >= 4 is 41.4 Å². The summed E-state index contributed by atoms with van der Waals surface area (Å²) in [7, 11) is 0. The Kier molecular flexibility index (Phi) is 10.6. The third kappa shape index (κ3) is 8.63. The van der Waals surface area contributed by atoms with E-state index < -0.39 is 42.2 Å². The highest BCUT2D eigenvalue weighted by Crippen LogP contribution is 2.36. The fourth-order valence-electron chi connectivity index (χ4n) is 4.04. The maximum Gasteiger partial charge on any atom is 0.343 e. The van der Waals surface area contributed by atoms with Crippen molar-refractivity contribution in [3.8, 4) is 23.0 Å². The number of carbonyl (C=O) groups is 6. The van der Waals surface area contributed by atoms with Crippen molar-refractivity contribution in [3.05, 3.63) is 113 Å². The zero-order valence-electron chi connectivity index (χ0n) is 24.6. The van der Waals surface area contributed by atoms with Crippen LogP contribution < -0.4 is 24.3 Å². The molecule has 0 aromatic heterocycles. The molecule has 0 unspecified atom stereocenters. The van der Waals surface area contributed by atoms with Gasteiger partial charge in [0, 0.05) is 25.1 Å². The van der Waals surface area contributed by atoms with Crippen LogP contribution in [0.5, 0.6) is 23.0 Å². The van der Waals surface area contributed by atoms with Crippen LogP contribution >= 0.6 is 0 Å². The standard InChI is InChI=1S/C34H27NO11/c1-3-31(39)45-28-16-23(17-30(37)38)26(19-29(28)46-34(42)22-12-8-5-9-13-22)35-32(40)25-18-24(14-15-27(25)43-20(2)36)44-33(41)21-10-6-4-7-11-21/h4-16,18-19H,3,17H2,1-2H3,(H,35,40)(H,37,38). The Hall–Kier alpha value is -6.30. The van der Waals surface area contributed by atoms with Crippen molar-refractivity contribution in [3.63, 3.8) is 0 Å². The topological polar surface area (TPSA) is 172 Å². The predicted molar refractivity (Wildman–Crippen MR) is 162 cm³/mol. The number of benzene rings is 4. The fraction of sp³-hybridized carbons (Fsp3) is 0.118. The third-order valence-corrected chi connectivity index (χ3v) is 6.15. The molecule has 4 aromatic rings. The lowest BCUT2D eigenvalue weighted by molar-refractivity contribution is -0.136. The van der Waals surface area contributed by atoms with E-state index >= 15 is 0 Å². The molecule has 0 aliphatic carbocycles. The molecule has 46 heavy (non-hydrogen) atoms. The summed E-state index contributed by atoms with van der Waals surface area (Å²) < 4.78 is 21.4. The highest BCUT2D eigenvalue weighted by atomic mass is 16.6. The quantitative estimate of drug-likeness (QED) is 0.165. The van der Waals surface area contributed by atoms with E-state index in [1.807, 2.05) is 0 Å². The number of nitrogens with one attached hydrogen (secondary N) is 1. The molecule has 0 saturated heterocycles. The molecule has 0 radical (unpaired) electrons. The number of carbonyl (C=O) groups excluding carboxylic acids is 5. The van der Waals surface area contributed by atoms with Crippen molar-refractivity contribution < 1.29 is 52.8 Å². The van der Waals surface area contributed by atoms with Gasteiger partial charge in [-0.2, -0.15) is 0 Å². The van der Waals surface area contributed by atoms with Gasteiger partial charge in [-0.3, -0.25) is 19.2 Å². The Morgan fingerprint density at radius 1 is 0.674 bits per heavy atom. The van der Waals surface area contributed by atoms with E-state index in [9.17, 15) is 33.9 Å². The molecule has 12 nitrogen and oxygen atoms in total. The first-order chi connectivity index (χ1) is 22.0. The van der Waals surface area contributed by atoms with Gasteiger partial charge in [0.1, 0.15) is 11.5 Å². The number of rotatable bonds is 11. The summed E-state index contributed by atoms with van der Waals surface area (Å²) >= 11 is 0. The summed E-state index contributed by atoms with van der Waals surface area (Å²) in [6.45, 7) is 2.66. The maximum absolute atomic E-state index is 13.6. The maximum atomic E-state index is 13.6. The first-order valence-corrected chi connectivity index (χ1v) is 13.8. The molecule has 1 amide bonds. The highest BCUT2D eigenvalue weighted by Gasteiger charge is 2.23. The summed E-state index contributed by atoms with van der Waals surface area (Å²) in [5.41, 5.74) is 0.0276. The van der Waals surface area contributed by atoms with Crippen molar-refractivity contribution in [2.24, 2.45) is 0 Å². The van der Waals surface area contributed by atoms with E-state index in [4.69, 9.17) is 18.9 Å². The van der Waals surface area contributed by atoms with Gasteiger partial charge in [0.15, 0.2) is 11.5 Å². The summed E-state index contributed by atoms with van der Waals surface area (Å²) in [5, 5.41) is 12.1. The largest absolute Gasteiger partial charge is 0.481 e. The Morgan fingerprint density at radius 3 is 1.83 bits per heavy atom. The summed E-state index contributed by atoms with van der Waals surface area (Å²) in [6.07, 6.45) is -0.673. The van der Waals surface area contributed by atoms with E-state index in [1.54, 1.807) is 36.4 Å². The Balaban J connectivity index is 1.74. The first kappa shape index (κ1) is 32.6. The zero-order valence-corrected chi connectivity index (χ0v) is 24.6. The molecule has 0 aliphatic rings. The number of hydrogen-bond donors (Lipinski definition) is 2. The molecular formula is C34H27NO11. The minimum Gasteiger partial charge on any atom is -0.481 e. The number of hydrogen-bond acceptors (Lipinski definition) is 10. The van der Waals surface area contributed by atoms with E-state index in [-0.39, 0.29) is 57.4 Å². The van der Waals surface area contributed by atoms with Crippen LogP contribution in [0.3, 0.4) is 0 Å². The Labute approximate surface area is 262 Å². The lowest BCUT2D eigenvalue weighted by Crippen LogP contribution is -2.18. The van der Waals surface area contributed by atoms with Crippen LogP contribution in [-0.2, 0) is 20.8 Å². The van der Waals surface area contributed by atoms with Crippen LogP contribution in [0.4, 0.5) is 5.69 Å². The van der Waals surface area contributed by atoms with E-state index in [0.29, 0.717) is 0 Å². The van der Waals surface area contributed by atoms with Gasteiger partial charge >= 0.3 is 29.8 Å². The number of carboxylic acid groups (broad SMARTS) is 1. The molecule has 0 aliphatic heterocycles. The molecule has 0 bridgehead atoms. The van der Waals surface area contributed by atoms with Crippen LogP contribution in [0, 0.1) is 0 Å². The van der Waals surface area contributed by atoms with E-state index in [2.05, 4.69) is 5.32 Å². The molecule has 0 spiro atoms. The molecule has 0 atom stereocenters. The monoisotopic (exact) mass is 625 g/mol. The second kappa shape index (κ2) is 14.9. The molecule has 0 fully saturated rings. The minimum atomic E-state index is -1.28. The average molecular weight is 626 g/mol. The van der Waals surface area contributed by atoms with Gasteiger partial charge in [-0.1, -0.05) is 43.3 Å². The zero-order chi connectivity index (χ0) is 33.2. The normalized spacial score (nSPS) is 10.3. The van der Waals surface area contributed by atoms with Crippen LogP contribution in [0.1, 0.15) is 56.9 Å². The van der Waals surface area contributed by atoms with Gasteiger partial charge < -0.3 is 29.4 Å². The van der Waals surface area contributed by atoms with E-state index in [1.165, 1.54) is 49.4 Å². The first-order valence-electron chi connectivity index (χ1n) is 13.8. The molecule has 0 heterocycles. The SMILES string of the molecule is CCC(=O)Oc1cc(CC(=O)O)c(NC(=O)c2cc(OC(=O)c3ccccc3)ccc2OC(C)=O)cc1OC(=O)c1ccccc1. The molecule has 0 saturated carbocycles. The lowest BCUT2D eigenvalue weighted by atomic mass is 10.1. The molecule has 4 rings (SSSR count). The number of amides is 1. The number of carboxylic acids is 1. The molecule has 234 valence electrons. The van der Waals surface area contributed by atoms with Gasteiger partial charge in [-0.15, -0.1) is 0 Å². The average Bonchev–Trinajstić information content (AvgIpc) is 3.03.